The van der Waals surface area contributed by atoms with Gasteiger partial charge in [-0.05, 0) is 0 Å². The van der Waals surface area contributed by atoms with Crippen LogP contribution >= 0.6 is 29.7 Å². The molecule has 0 rings (SSSR count). The van der Waals surface area contributed by atoms with E-state index in [9.17, 15) is 0 Å². The first-order valence-corrected chi connectivity index (χ1v) is 0. The summed E-state index contributed by atoms with van der Waals surface area (Å²) in [5.74, 6) is 0. The summed E-state index contributed by atoms with van der Waals surface area (Å²) in [7, 11) is 0. The highest BCUT2D eigenvalue weighted by Gasteiger charge is -0.0744. The van der Waals surface area contributed by atoms with Crippen molar-refractivity contribution in [1.82, 2.24) is 0 Å². The first-order valence-electron chi connectivity index (χ1n) is 0. The maximum absolute atomic E-state index is 0. The van der Waals surface area contributed by atoms with Gasteiger partial charge in [0.15, 0.2) is 0 Å². The molecule has 0 saturated heterocycles. The lowest BCUT2D eigenvalue weighted by Gasteiger charge is -0.154. The van der Waals surface area contributed by atoms with Crippen molar-refractivity contribution in [3.8, 4) is 0 Å². The minimum Gasteiger partial charge on any atom is -0.153 e. The normalized spacial score (nSPS) is 0. The van der Waals surface area contributed by atoms with Gasteiger partial charge >= 0.3 is 0 Å². The molecular formula is C4H25P3. The smallest absolute Gasteiger partial charge is 0.0776 e. The minimum atomic E-state index is 0. The van der Waals surface area contributed by atoms with Gasteiger partial charge in [-0.15, -0.1) is 0 Å². The molecule has 3 heteroatoms. The van der Waals surface area contributed by atoms with Crippen LogP contribution in [0.5, 0.6) is 0 Å². The second-order valence-electron chi connectivity index (χ2n) is 0. The number of hydrogen-bond acceptors (Lipinski definition) is 0. The molecule has 0 radical (unpaired) electrons. The molecule has 0 heterocycles. The molecule has 0 nitrogen and oxygen atoms in total. The number of hydrogen-bond donors (Lipinski definition) is 0. The molecule has 0 spiro atoms. The quantitative estimate of drug-likeness (QED) is 0.485. The average Bonchev–Trinajstić information content (AvgIpc) is 0. The molecule has 0 aromatic carbocycles. The minimum absolute atomic E-state index is 0. The Morgan fingerprint density at radius 1 is 0.286 bits per heavy atom. The van der Waals surface area contributed by atoms with E-state index in [4.69, 9.17) is 0 Å². The third kappa shape index (κ3) is 123. The summed E-state index contributed by atoms with van der Waals surface area (Å²) in [6.45, 7) is 0. The van der Waals surface area contributed by atoms with E-state index < -0.39 is 0 Å². The lowest BCUT2D eigenvalue weighted by Crippen LogP contribution is 0.143. The summed E-state index contributed by atoms with van der Waals surface area (Å²) < 4.78 is 0. The van der Waals surface area contributed by atoms with Crippen molar-refractivity contribution in [3.63, 3.8) is 0 Å². The maximum atomic E-state index is 0. The van der Waals surface area contributed by atoms with E-state index in [1.807, 2.05) is 0 Å². The fraction of sp³-hybridized carbons (Fsp3) is 1.00. The standard InChI is InChI=1S/4CH4.3H3P/h4*1H4;3*1H3. The molecular weight excluding hydrogens is 141 g/mol. The average molecular weight is 166 g/mol. The third-order valence-corrected chi connectivity index (χ3v) is 0. The van der Waals surface area contributed by atoms with Crippen LogP contribution in [-0.2, 0) is 0 Å². The fourth-order valence-corrected chi connectivity index (χ4v) is 0. The van der Waals surface area contributed by atoms with Gasteiger partial charge in [0.25, 0.3) is 0 Å². The molecule has 0 N–H and O–H groups in total. The summed E-state index contributed by atoms with van der Waals surface area (Å²) >= 11 is 0. The lowest BCUT2D eigenvalue weighted by atomic mass is 12.0. The summed E-state index contributed by atoms with van der Waals surface area (Å²) in [4.78, 5) is 0. The van der Waals surface area contributed by atoms with Crippen molar-refractivity contribution in [2.24, 2.45) is 0 Å². The largest absolute Gasteiger partial charge is 0.153 e. The summed E-state index contributed by atoms with van der Waals surface area (Å²) in [6, 6.07) is 0. The summed E-state index contributed by atoms with van der Waals surface area (Å²) in [5.41, 5.74) is 0. The zero-order valence-electron chi connectivity index (χ0n) is 2.12. The van der Waals surface area contributed by atoms with Gasteiger partial charge < -0.3 is 0 Å². The Morgan fingerprint density at radius 3 is 0.286 bits per heavy atom. The third-order valence-electron chi connectivity index (χ3n) is 0. The van der Waals surface area contributed by atoms with E-state index in [1.54, 1.807) is 0 Å². The van der Waals surface area contributed by atoms with Gasteiger partial charge in [-0.1, -0.05) is 29.7 Å². The van der Waals surface area contributed by atoms with Crippen LogP contribution < -0.4 is 0 Å². The van der Waals surface area contributed by atoms with E-state index in [-0.39, 0.29) is 59.4 Å². The van der Waals surface area contributed by atoms with Crippen LogP contribution in [0.1, 0.15) is 29.7 Å². The first-order chi connectivity index (χ1) is 0. The van der Waals surface area contributed by atoms with E-state index in [2.05, 4.69) is 0 Å². The van der Waals surface area contributed by atoms with Crippen molar-refractivity contribution in [1.29, 1.82) is 0 Å². The predicted octanol–water partition coefficient (Wildman–Crippen LogP) is 2.72. The Kier molecular flexibility index (Phi) is 6560. The zero-order valence-corrected chi connectivity index (χ0v) is 6.36. The molecule has 3 atom stereocenters. The first kappa shape index (κ1) is 265. The molecule has 7 heavy (non-hydrogen) atoms. The molecule has 0 aromatic rings. The van der Waals surface area contributed by atoms with Crippen molar-refractivity contribution < 1.29 is 0 Å². The van der Waals surface area contributed by atoms with Crippen LogP contribution in [0.2, 0.25) is 0 Å². The van der Waals surface area contributed by atoms with Gasteiger partial charge in [0.1, 0.15) is 0 Å². The van der Waals surface area contributed by atoms with E-state index in [0.717, 1.165) is 0 Å². The number of rotatable bonds is 0. The second kappa shape index (κ2) is 173. The Labute approximate surface area is 60.1 Å². The van der Waals surface area contributed by atoms with Gasteiger partial charge in [0, 0.05) is 0 Å². The van der Waals surface area contributed by atoms with Crippen LogP contribution in [0.25, 0.3) is 0 Å². The van der Waals surface area contributed by atoms with Crippen LogP contribution in [-0.4, -0.2) is 0 Å². The molecule has 0 aliphatic rings. The predicted molar refractivity (Wildman–Crippen MR) is 60.2 cm³/mol. The zero-order chi connectivity index (χ0) is 0. The van der Waals surface area contributed by atoms with Crippen molar-refractivity contribution in [2.75, 3.05) is 0 Å². The Balaban J connectivity index is 0. The molecule has 0 aliphatic carbocycles. The summed E-state index contributed by atoms with van der Waals surface area (Å²) in [5, 5.41) is 0. The van der Waals surface area contributed by atoms with Crippen molar-refractivity contribution >= 4 is 29.7 Å². The SMILES string of the molecule is C.C.C.C.P.P.P. The molecule has 0 bridgehead atoms. The molecule has 0 amide bonds. The van der Waals surface area contributed by atoms with Crippen molar-refractivity contribution in [3.05, 3.63) is 0 Å². The Hall–Kier alpha value is 1.29. The highest BCUT2D eigenvalue weighted by Crippen LogP contribution is 0.863. The molecule has 0 saturated carbocycles. The summed E-state index contributed by atoms with van der Waals surface area (Å²) in [6.07, 6.45) is 0. The van der Waals surface area contributed by atoms with E-state index >= 15 is 0 Å². The van der Waals surface area contributed by atoms with Crippen LogP contribution in [0.4, 0.5) is 0 Å². The van der Waals surface area contributed by atoms with Gasteiger partial charge in [0.2, 0.25) is 0 Å². The van der Waals surface area contributed by atoms with Gasteiger partial charge in [-0.2, -0.15) is 29.7 Å². The van der Waals surface area contributed by atoms with Gasteiger partial charge in [-0.3, -0.25) is 0 Å². The second-order valence-corrected chi connectivity index (χ2v) is 0. The molecule has 0 fully saturated rings. The van der Waals surface area contributed by atoms with Crippen molar-refractivity contribution in [2.45, 2.75) is 29.7 Å². The monoisotopic (exact) mass is 166 g/mol. The maximum Gasteiger partial charge on any atom is -0.0776 e. The van der Waals surface area contributed by atoms with Crippen LogP contribution in [0.3, 0.4) is 0 Å². The lowest BCUT2D eigenvalue weighted by molar-refractivity contribution is 2.50. The highest BCUT2D eigenvalue weighted by atomic mass is 31.0. The highest BCUT2D eigenvalue weighted by molar-refractivity contribution is 6.92. The molecule has 56 valence electrons. The van der Waals surface area contributed by atoms with E-state index in [1.165, 1.54) is 0 Å². The Morgan fingerprint density at radius 2 is 0.286 bits per heavy atom. The molecule has 3 unspecified atom stereocenters. The molecule has 0 aliphatic heterocycles. The van der Waals surface area contributed by atoms with Gasteiger partial charge in [0.05, 0.1) is 0 Å². The van der Waals surface area contributed by atoms with Gasteiger partial charge in [-0.25, -0.2) is 0 Å². The Bertz CT molecular complexity index is 6.90. The van der Waals surface area contributed by atoms with Crippen LogP contribution in [0.15, 0.2) is 0 Å². The molecule has 0 aromatic heterocycles. The van der Waals surface area contributed by atoms with E-state index in [0.29, 0.717) is 0 Å². The topological polar surface area (TPSA) is 0 Å². The fourth-order valence-electron chi connectivity index (χ4n) is 0. The van der Waals surface area contributed by atoms with Crippen LogP contribution in [0, 0.1) is 0 Å².